The van der Waals surface area contributed by atoms with Crippen molar-refractivity contribution in [3.63, 3.8) is 0 Å². The third-order valence-electron chi connectivity index (χ3n) is 6.68. The highest BCUT2D eigenvalue weighted by molar-refractivity contribution is 5.80. The summed E-state index contributed by atoms with van der Waals surface area (Å²) < 4.78 is 51.2. The van der Waals surface area contributed by atoms with E-state index in [2.05, 4.69) is 26.7 Å². The Morgan fingerprint density at radius 1 is 1.43 bits per heavy atom. The van der Waals surface area contributed by atoms with Gasteiger partial charge in [0.15, 0.2) is 17.5 Å². The molecule has 11 nitrogen and oxygen atoms in total. The zero-order valence-electron chi connectivity index (χ0n) is 20.4. The van der Waals surface area contributed by atoms with Gasteiger partial charge in [-0.3, -0.25) is 15.0 Å². The molecule has 0 spiro atoms. The fraction of sp³-hybridized carbons (Fsp3) is 0.652. The van der Waals surface area contributed by atoms with Gasteiger partial charge in [0.25, 0.3) is 0 Å². The van der Waals surface area contributed by atoms with Crippen LogP contribution in [0.15, 0.2) is 12.3 Å². The third kappa shape index (κ3) is 6.41. The molecule has 4 atom stereocenters. The van der Waals surface area contributed by atoms with Crippen LogP contribution in [0.3, 0.4) is 0 Å². The van der Waals surface area contributed by atoms with Crippen molar-refractivity contribution in [1.29, 1.82) is 5.26 Å². The number of hydrogen-bond donors (Lipinski definition) is 3. The van der Waals surface area contributed by atoms with Crippen LogP contribution < -0.4 is 25.8 Å². The second-order valence-corrected chi connectivity index (χ2v) is 9.37. The Morgan fingerprint density at radius 2 is 2.24 bits per heavy atom. The number of rotatable bonds is 7. The molecule has 0 aliphatic carbocycles. The molecule has 4 heterocycles. The number of carbonyl (C=O) groups excluding carboxylic acids is 2. The number of carbonyl (C=O) groups is 2. The predicted octanol–water partition coefficient (Wildman–Crippen LogP) is 0.319. The van der Waals surface area contributed by atoms with Crippen LogP contribution in [0.1, 0.15) is 25.3 Å². The van der Waals surface area contributed by atoms with Crippen LogP contribution in [0.4, 0.5) is 19.0 Å². The average molecular weight is 526 g/mol. The number of hydrazine groups is 1. The molecule has 1 aromatic rings. The van der Waals surface area contributed by atoms with Crippen LogP contribution in [0.25, 0.3) is 0 Å². The number of hydrogen-bond acceptors (Lipinski definition) is 9. The van der Waals surface area contributed by atoms with E-state index in [0.717, 1.165) is 0 Å². The zero-order valence-corrected chi connectivity index (χ0v) is 20.4. The van der Waals surface area contributed by atoms with Crippen LogP contribution in [-0.4, -0.2) is 92.0 Å². The van der Waals surface area contributed by atoms with Gasteiger partial charge in [-0.15, -0.1) is 0 Å². The Bertz CT molecular complexity index is 1030. The Morgan fingerprint density at radius 3 is 3.00 bits per heavy atom. The van der Waals surface area contributed by atoms with E-state index in [0.29, 0.717) is 49.8 Å². The van der Waals surface area contributed by atoms with Crippen molar-refractivity contribution in [2.75, 3.05) is 50.9 Å². The molecule has 0 radical (unpaired) electrons. The number of aromatic nitrogens is 1. The van der Waals surface area contributed by atoms with Crippen LogP contribution >= 0.6 is 0 Å². The molecule has 0 saturated carbocycles. The minimum absolute atomic E-state index is 0.0346. The number of nitriles is 1. The van der Waals surface area contributed by atoms with Gasteiger partial charge >= 0.3 is 6.18 Å². The summed E-state index contributed by atoms with van der Waals surface area (Å²) in [5.74, 6) is -2.09. The molecule has 3 aliphatic rings. The number of nitrogens with one attached hydrogen (secondary N) is 3. The van der Waals surface area contributed by atoms with Gasteiger partial charge in [-0.2, -0.15) is 18.4 Å². The molecular weight excluding hydrogens is 495 g/mol. The number of nitrogens with zero attached hydrogens (tertiary/aromatic N) is 4. The van der Waals surface area contributed by atoms with Gasteiger partial charge in [-0.25, -0.2) is 10.4 Å². The maximum Gasteiger partial charge on any atom is 0.402 e. The maximum absolute atomic E-state index is 13.3. The Labute approximate surface area is 212 Å². The summed E-state index contributed by atoms with van der Waals surface area (Å²) in [5, 5.41) is 11.9. The molecule has 2 saturated heterocycles. The summed E-state index contributed by atoms with van der Waals surface area (Å²) in [4.78, 5) is 32.8. The van der Waals surface area contributed by atoms with Crippen LogP contribution in [0.5, 0.6) is 5.75 Å². The second-order valence-electron chi connectivity index (χ2n) is 9.37. The predicted molar refractivity (Wildman–Crippen MR) is 124 cm³/mol. The maximum atomic E-state index is 13.3. The van der Waals surface area contributed by atoms with Gasteiger partial charge in [0.2, 0.25) is 11.8 Å². The SMILES string of the molecule is C[C@@H](COCCC(=O)N1CCN2c3ncc(C#N)cc3OCC[C@@H]2C1)NC1CNNC(=O)C1C(F)(F)F. The topological polar surface area (TPSA) is 132 Å². The molecule has 2 amide bonds. The first-order valence-electron chi connectivity index (χ1n) is 12.2. The van der Waals surface area contributed by atoms with Crippen molar-refractivity contribution in [2.24, 2.45) is 5.92 Å². The molecule has 37 heavy (non-hydrogen) atoms. The largest absolute Gasteiger partial charge is 0.490 e. The van der Waals surface area contributed by atoms with Gasteiger partial charge in [-0.1, -0.05) is 0 Å². The van der Waals surface area contributed by atoms with Crippen molar-refractivity contribution in [2.45, 2.75) is 44.1 Å². The molecule has 14 heteroatoms. The average Bonchev–Trinajstić information content (AvgIpc) is 3.03. The highest BCUT2D eigenvalue weighted by Crippen LogP contribution is 2.33. The van der Waals surface area contributed by atoms with Crippen LogP contribution in [0.2, 0.25) is 0 Å². The third-order valence-corrected chi connectivity index (χ3v) is 6.68. The van der Waals surface area contributed by atoms with Gasteiger partial charge in [0.05, 0.1) is 37.8 Å². The lowest BCUT2D eigenvalue weighted by atomic mass is 9.96. The van der Waals surface area contributed by atoms with Gasteiger partial charge in [0.1, 0.15) is 6.07 Å². The van der Waals surface area contributed by atoms with E-state index in [1.807, 2.05) is 5.43 Å². The Kier molecular flexibility index (Phi) is 8.35. The molecule has 0 bridgehead atoms. The lowest BCUT2D eigenvalue weighted by Crippen LogP contribution is -2.64. The first kappa shape index (κ1) is 26.9. The van der Waals surface area contributed by atoms with E-state index in [4.69, 9.17) is 14.7 Å². The van der Waals surface area contributed by atoms with Crippen molar-refractivity contribution in [3.05, 3.63) is 17.8 Å². The summed E-state index contributed by atoms with van der Waals surface area (Å²) in [6.07, 6.45) is -2.30. The Balaban J connectivity index is 1.22. The smallest absolute Gasteiger partial charge is 0.402 e. The van der Waals surface area contributed by atoms with Crippen LogP contribution in [0, 0.1) is 17.2 Å². The number of pyridine rings is 1. The number of ether oxygens (including phenoxy) is 2. The fourth-order valence-corrected chi connectivity index (χ4v) is 4.88. The van der Waals surface area contributed by atoms with E-state index in [-0.39, 0.29) is 38.1 Å². The summed E-state index contributed by atoms with van der Waals surface area (Å²) in [6, 6.07) is 2.19. The molecule has 3 N–H and O–H groups in total. The molecule has 2 fully saturated rings. The quantitative estimate of drug-likeness (QED) is 0.431. The summed E-state index contributed by atoms with van der Waals surface area (Å²) in [7, 11) is 0. The standard InChI is InChI=1S/C23H30F3N7O4/c1-14(30-17-11-29-31-22(35)20(17)23(24,25)26)13-36-6-3-19(34)32-4-5-33-16(12-32)2-7-37-18-8-15(9-27)10-28-21(18)33/h8,10,14,16-17,20,29-30H,2-7,11-13H2,1H3,(H,31,35)/t14-,16+,17?,20?/m0/s1. The van der Waals surface area contributed by atoms with Gasteiger partial charge < -0.3 is 24.6 Å². The van der Waals surface area contributed by atoms with Crippen molar-refractivity contribution < 1.29 is 32.2 Å². The van der Waals surface area contributed by atoms with E-state index < -0.39 is 30.1 Å². The monoisotopic (exact) mass is 525 g/mol. The number of alkyl halides is 3. The normalized spacial score (nSPS) is 24.6. The van der Waals surface area contributed by atoms with Crippen LogP contribution in [-0.2, 0) is 14.3 Å². The number of halogens is 3. The highest BCUT2D eigenvalue weighted by atomic mass is 19.4. The molecule has 4 rings (SSSR count). The number of anilines is 1. The van der Waals surface area contributed by atoms with Crippen molar-refractivity contribution in [1.82, 2.24) is 26.1 Å². The molecule has 1 aromatic heterocycles. The van der Waals surface area contributed by atoms with Crippen molar-refractivity contribution >= 4 is 17.6 Å². The molecule has 2 unspecified atom stereocenters. The lowest BCUT2D eigenvalue weighted by molar-refractivity contribution is -0.193. The number of piperazine rings is 1. The van der Waals surface area contributed by atoms with E-state index in [1.165, 1.54) is 6.20 Å². The first-order chi connectivity index (χ1) is 17.7. The van der Waals surface area contributed by atoms with Gasteiger partial charge in [-0.05, 0) is 6.92 Å². The highest BCUT2D eigenvalue weighted by Gasteiger charge is 2.51. The molecule has 0 aromatic carbocycles. The molecular formula is C23H30F3N7O4. The molecule has 202 valence electrons. The van der Waals surface area contributed by atoms with Crippen molar-refractivity contribution in [3.8, 4) is 11.8 Å². The number of fused-ring (bicyclic) bond motifs is 3. The number of amides is 2. The second kappa shape index (κ2) is 11.5. The van der Waals surface area contributed by atoms with E-state index in [1.54, 1.807) is 17.9 Å². The minimum Gasteiger partial charge on any atom is -0.490 e. The van der Waals surface area contributed by atoms with E-state index in [9.17, 15) is 22.8 Å². The summed E-state index contributed by atoms with van der Waals surface area (Å²) in [5.41, 5.74) is 4.91. The summed E-state index contributed by atoms with van der Waals surface area (Å²) >= 11 is 0. The first-order valence-corrected chi connectivity index (χ1v) is 12.2. The zero-order chi connectivity index (χ0) is 26.6. The lowest BCUT2D eigenvalue weighted by Gasteiger charge is -2.41. The Hall–Kier alpha value is -3.15. The minimum atomic E-state index is -4.66. The summed E-state index contributed by atoms with van der Waals surface area (Å²) in [6.45, 7) is 3.87. The fourth-order valence-electron chi connectivity index (χ4n) is 4.88. The molecule has 3 aliphatic heterocycles. The van der Waals surface area contributed by atoms with E-state index >= 15 is 0 Å². The van der Waals surface area contributed by atoms with Gasteiger partial charge in [0, 0.05) is 56.9 Å².